The van der Waals surface area contributed by atoms with Crippen LogP contribution in [0.1, 0.15) is 39.5 Å². The molecule has 0 saturated heterocycles. The second-order valence-electron chi connectivity index (χ2n) is 5.53. The second kappa shape index (κ2) is 5.38. The van der Waals surface area contributed by atoms with Gasteiger partial charge in [0, 0.05) is 0 Å². The Morgan fingerprint density at radius 1 is 1.35 bits per heavy atom. The molecule has 100 valence electrons. The first-order valence-electron chi connectivity index (χ1n) is 6.06. The minimum atomic E-state index is -3.03. The summed E-state index contributed by atoms with van der Waals surface area (Å²) < 4.78 is 28.4. The fraction of sp³-hybridized carbons (Fsp3) is 0.917. The van der Waals surface area contributed by atoms with Gasteiger partial charge >= 0.3 is 5.97 Å². The highest BCUT2D eigenvalue weighted by atomic mass is 32.2. The van der Waals surface area contributed by atoms with Crippen molar-refractivity contribution in [1.29, 1.82) is 0 Å². The minimum absolute atomic E-state index is 0.141. The first-order valence-corrected chi connectivity index (χ1v) is 7.88. The Morgan fingerprint density at radius 2 is 1.94 bits per heavy atom. The van der Waals surface area contributed by atoms with Gasteiger partial charge in [-0.05, 0) is 30.6 Å². The largest absolute Gasteiger partial charge is 0.469 e. The summed E-state index contributed by atoms with van der Waals surface area (Å²) in [5.74, 6) is 0.456. The van der Waals surface area contributed by atoms with Crippen molar-refractivity contribution < 1.29 is 17.9 Å². The Bertz CT molecular complexity index is 366. The molecular formula is C12H22O4S. The van der Waals surface area contributed by atoms with Crippen LogP contribution in [0.25, 0.3) is 0 Å². The zero-order valence-corrected chi connectivity index (χ0v) is 11.7. The predicted molar refractivity (Wildman–Crippen MR) is 66.4 cm³/mol. The summed E-state index contributed by atoms with van der Waals surface area (Å²) >= 11 is 0. The summed E-state index contributed by atoms with van der Waals surface area (Å²) in [6, 6.07) is 0. The van der Waals surface area contributed by atoms with Gasteiger partial charge in [0.05, 0.1) is 25.0 Å². The maximum absolute atomic E-state index is 11.9. The number of hydrogen-bond acceptors (Lipinski definition) is 4. The number of esters is 1. The van der Waals surface area contributed by atoms with Crippen LogP contribution in [-0.2, 0) is 19.4 Å². The maximum Gasteiger partial charge on any atom is 0.306 e. The lowest BCUT2D eigenvalue weighted by atomic mass is 10.1. The van der Waals surface area contributed by atoms with Gasteiger partial charge in [0.15, 0.2) is 9.84 Å². The van der Waals surface area contributed by atoms with E-state index in [0.717, 1.165) is 12.8 Å². The van der Waals surface area contributed by atoms with Crippen LogP contribution < -0.4 is 0 Å². The van der Waals surface area contributed by atoms with Crippen molar-refractivity contribution in [3.63, 3.8) is 0 Å². The van der Waals surface area contributed by atoms with E-state index in [4.69, 9.17) is 0 Å². The minimum Gasteiger partial charge on any atom is -0.469 e. The van der Waals surface area contributed by atoms with Crippen LogP contribution in [0.5, 0.6) is 0 Å². The smallest absolute Gasteiger partial charge is 0.306 e. The van der Waals surface area contributed by atoms with Crippen LogP contribution >= 0.6 is 0 Å². The molecule has 17 heavy (non-hydrogen) atoms. The zero-order valence-electron chi connectivity index (χ0n) is 10.9. The summed E-state index contributed by atoms with van der Waals surface area (Å²) in [4.78, 5) is 11.2. The highest BCUT2D eigenvalue weighted by Crippen LogP contribution is 2.50. The monoisotopic (exact) mass is 262 g/mol. The van der Waals surface area contributed by atoms with E-state index in [0.29, 0.717) is 12.3 Å². The van der Waals surface area contributed by atoms with Crippen molar-refractivity contribution in [2.75, 3.05) is 18.6 Å². The number of carbonyl (C=O) groups is 1. The molecule has 0 heterocycles. The van der Waals surface area contributed by atoms with E-state index in [1.165, 1.54) is 7.11 Å². The van der Waals surface area contributed by atoms with Crippen molar-refractivity contribution in [1.82, 2.24) is 0 Å². The summed E-state index contributed by atoms with van der Waals surface area (Å²) in [6.45, 7) is 4.02. The lowest BCUT2D eigenvalue weighted by Crippen LogP contribution is -2.23. The fourth-order valence-electron chi connectivity index (χ4n) is 1.88. The lowest BCUT2D eigenvalue weighted by molar-refractivity contribution is -0.141. The van der Waals surface area contributed by atoms with E-state index < -0.39 is 9.84 Å². The van der Waals surface area contributed by atoms with Gasteiger partial charge < -0.3 is 4.74 Å². The summed E-state index contributed by atoms with van der Waals surface area (Å²) in [6.07, 6.45) is 2.58. The normalized spacial score (nSPS) is 18.1. The molecule has 1 aliphatic carbocycles. The van der Waals surface area contributed by atoms with Crippen molar-refractivity contribution in [2.24, 2.45) is 11.3 Å². The maximum atomic E-state index is 11.9. The molecule has 0 radical (unpaired) electrons. The SMILES string of the molecule is COC(=O)CC1(CS(=O)(=O)CCC(C)C)CC1. The van der Waals surface area contributed by atoms with Gasteiger partial charge in [-0.15, -0.1) is 0 Å². The summed E-state index contributed by atoms with van der Waals surface area (Å²) in [5.41, 5.74) is -0.317. The van der Waals surface area contributed by atoms with Crippen LogP contribution in [0.2, 0.25) is 0 Å². The van der Waals surface area contributed by atoms with Crippen LogP contribution in [0.3, 0.4) is 0 Å². The average molecular weight is 262 g/mol. The zero-order chi connectivity index (χ0) is 13.1. The van der Waals surface area contributed by atoms with E-state index in [2.05, 4.69) is 4.74 Å². The molecule has 0 aromatic carbocycles. The summed E-state index contributed by atoms with van der Waals surface area (Å²) in [7, 11) is -1.69. The molecule has 0 spiro atoms. The molecule has 5 heteroatoms. The highest BCUT2D eigenvalue weighted by Gasteiger charge is 2.47. The third-order valence-corrected chi connectivity index (χ3v) is 5.15. The van der Waals surface area contributed by atoms with Gasteiger partial charge in [0.2, 0.25) is 0 Å². The van der Waals surface area contributed by atoms with Crippen molar-refractivity contribution in [3.05, 3.63) is 0 Å². The topological polar surface area (TPSA) is 60.4 Å². The predicted octanol–water partition coefficient (Wildman–Crippen LogP) is 1.79. The van der Waals surface area contributed by atoms with Crippen LogP contribution in [0, 0.1) is 11.3 Å². The molecule has 0 aromatic rings. The third kappa shape index (κ3) is 5.06. The molecule has 0 atom stereocenters. The second-order valence-corrected chi connectivity index (χ2v) is 7.71. The molecular weight excluding hydrogens is 240 g/mol. The first kappa shape index (κ1) is 14.5. The van der Waals surface area contributed by atoms with Gasteiger partial charge in [-0.3, -0.25) is 4.79 Å². The van der Waals surface area contributed by atoms with Gasteiger partial charge in [-0.2, -0.15) is 0 Å². The molecule has 0 aromatic heterocycles. The number of methoxy groups -OCH3 is 1. The first-order chi connectivity index (χ1) is 7.79. The molecule has 0 N–H and O–H groups in total. The molecule has 0 bridgehead atoms. The standard InChI is InChI=1S/C12H22O4S/c1-10(2)4-7-17(14,15)9-12(5-6-12)8-11(13)16-3/h10H,4-9H2,1-3H3. The van der Waals surface area contributed by atoms with E-state index in [1.807, 2.05) is 13.8 Å². The molecule has 0 aliphatic heterocycles. The van der Waals surface area contributed by atoms with Crippen molar-refractivity contribution >= 4 is 15.8 Å². The third-order valence-electron chi connectivity index (χ3n) is 3.24. The fourth-order valence-corrected chi connectivity index (χ4v) is 4.18. The van der Waals surface area contributed by atoms with Crippen molar-refractivity contribution in [2.45, 2.75) is 39.5 Å². The molecule has 1 rings (SSSR count). The highest BCUT2D eigenvalue weighted by molar-refractivity contribution is 7.91. The molecule has 1 fully saturated rings. The quantitative estimate of drug-likeness (QED) is 0.656. The Morgan fingerprint density at radius 3 is 2.35 bits per heavy atom. The van der Waals surface area contributed by atoms with E-state index >= 15 is 0 Å². The average Bonchev–Trinajstić information content (AvgIpc) is 2.94. The Labute approximate surface area is 104 Å². The number of carbonyl (C=O) groups excluding carboxylic acids is 1. The van der Waals surface area contributed by atoms with Gasteiger partial charge in [-0.1, -0.05) is 13.8 Å². The van der Waals surface area contributed by atoms with E-state index in [9.17, 15) is 13.2 Å². The molecule has 0 amide bonds. The van der Waals surface area contributed by atoms with Gasteiger partial charge in [0.1, 0.15) is 0 Å². The van der Waals surface area contributed by atoms with Gasteiger partial charge in [0.25, 0.3) is 0 Å². The van der Waals surface area contributed by atoms with E-state index in [-0.39, 0.29) is 29.3 Å². The Kier molecular flexibility index (Phi) is 4.58. The van der Waals surface area contributed by atoms with Crippen LogP contribution in [-0.4, -0.2) is 33.0 Å². The molecule has 4 nitrogen and oxygen atoms in total. The lowest BCUT2D eigenvalue weighted by Gasteiger charge is -2.14. The van der Waals surface area contributed by atoms with E-state index in [1.54, 1.807) is 0 Å². The Hall–Kier alpha value is -0.580. The number of hydrogen-bond donors (Lipinski definition) is 0. The van der Waals surface area contributed by atoms with Crippen LogP contribution in [0.15, 0.2) is 0 Å². The Balaban J connectivity index is 2.50. The van der Waals surface area contributed by atoms with Crippen LogP contribution in [0.4, 0.5) is 0 Å². The van der Waals surface area contributed by atoms with Crippen molar-refractivity contribution in [3.8, 4) is 0 Å². The molecule has 1 aliphatic rings. The number of sulfone groups is 1. The van der Waals surface area contributed by atoms with Gasteiger partial charge in [-0.25, -0.2) is 8.42 Å². The number of ether oxygens (including phenoxy) is 1. The molecule has 0 unspecified atom stereocenters. The molecule has 1 saturated carbocycles. The summed E-state index contributed by atoms with van der Waals surface area (Å²) in [5, 5.41) is 0. The number of rotatable bonds is 7.